The Balaban J connectivity index is 1.45. The zero-order chi connectivity index (χ0) is 24.8. The lowest BCUT2D eigenvalue weighted by atomic mass is 9.43. The van der Waals surface area contributed by atoms with Crippen LogP contribution in [0.1, 0.15) is 137 Å². The van der Waals surface area contributed by atoms with E-state index in [1.54, 1.807) is 11.1 Å². The van der Waals surface area contributed by atoms with E-state index in [0.717, 1.165) is 31.7 Å². The Morgan fingerprint density at radius 1 is 0.971 bits per heavy atom. The van der Waals surface area contributed by atoms with E-state index in [1.165, 1.54) is 77.0 Å². The minimum Gasteiger partial charge on any atom is -0.393 e. The summed E-state index contributed by atoms with van der Waals surface area (Å²) in [4.78, 5) is 12.4. The van der Waals surface area contributed by atoms with Gasteiger partial charge in [-0.25, -0.2) is 0 Å². The van der Waals surface area contributed by atoms with Crippen LogP contribution < -0.4 is 5.32 Å². The molecule has 5 atom stereocenters. The number of rotatable bonds is 12. The van der Waals surface area contributed by atoms with Crippen molar-refractivity contribution in [2.24, 2.45) is 28.6 Å². The molecule has 2 saturated carbocycles. The molecule has 0 heterocycles. The molecule has 0 aromatic heterocycles. The van der Waals surface area contributed by atoms with Crippen molar-refractivity contribution in [1.29, 1.82) is 0 Å². The third-order valence-corrected chi connectivity index (χ3v) is 10.4. The molecule has 3 heteroatoms. The number of allylic oxidation sites excluding steroid dienone is 1. The molecule has 0 aromatic rings. The van der Waals surface area contributed by atoms with Crippen LogP contribution in [-0.2, 0) is 4.79 Å². The first-order valence-electron chi connectivity index (χ1n) is 14.8. The van der Waals surface area contributed by atoms with Crippen LogP contribution >= 0.6 is 0 Å². The monoisotopic (exact) mass is 473 g/mol. The topological polar surface area (TPSA) is 49.3 Å². The number of hydrogen-bond acceptors (Lipinski definition) is 2. The van der Waals surface area contributed by atoms with Gasteiger partial charge in [-0.15, -0.1) is 0 Å². The van der Waals surface area contributed by atoms with Crippen molar-refractivity contribution < 1.29 is 9.90 Å². The van der Waals surface area contributed by atoms with Gasteiger partial charge in [-0.3, -0.25) is 4.79 Å². The average molecular weight is 474 g/mol. The van der Waals surface area contributed by atoms with Crippen molar-refractivity contribution in [2.75, 3.05) is 6.54 Å². The smallest absolute Gasteiger partial charge is 0.220 e. The molecule has 0 aromatic carbocycles. The Labute approximate surface area is 210 Å². The number of unbranched alkanes of at least 4 members (excludes halogenated alkanes) is 7. The molecular formula is C31H55NO2. The van der Waals surface area contributed by atoms with Crippen LogP contribution in [-0.4, -0.2) is 23.7 Å². The molecule has 2 fully saturated rings. The van der Waals surface area contributed by atoms with E-state index in [2.05, 4.69) is 39.9 Å². The van der Waals surface area contributed by atoms with Gasteiger partial charge in [-0.1, -0.05) is 83.8 Å². The van der Waals surface area contributed by atoms with Crippen LogP contribution in [0.4, 0.5) is 0 Å². The van der Waals surface area contributed by atoms with E-state index >= 15 is 0 Å². The highest BCUT2D eigenvalue weighted by molar-refractivity contribution is 5.75. The van der Waals surface area contributed by atoms with Gasteiger partial charge < -0.3 is 10.4 Å². The Hall–Kier alpha value is -0.830. The molecule has 196 valence electrons. The zero-order valence-electron chi connectivity index (χ0n) is 23.2. The van der Waals surface area contributed by atoms with Gasteiger partial charge in [-0.2, -0.15) is 0 Å². The maximum Gasteiger partial charge on any atom is 0.220 e. The maximum absolute atomic E-state index is 12.4. The number of carbonyl (C=O) groups is 1. The number of aliphatic hydroxyl groups is 1. The molecule has 34 heavy (non-hydrogen) atoms. The summed E-state index contributed by atoms with van der Waals surface area (Å²) in [6, 6.07) is 0. The second kappa shape index (κ2) is 12.4. The van der Waals surface area contributed by atoms with Crippen LogP contribution in [0.5, 0.6) is 0 Å². The Morgan fingerprint density at radius 2 is 1.65 bits per heavy atom. The van der Waals surface area contributed by atoms with Crippen LogP contribution in [0.2, 0.25) is 0 Å². The van der Waals surface area contributed by atoms with Gasteiger partial charge in [0.1, 0.15) is 0 Å². The second-order valence-corrected chi connectivity index (χ2v) is 12.9. The first-order valence-corrected chi connectivity index (χ1v) is 14.8. The molecular weight excluding hydrogens is 418 g/mol. The van der Waals surface area contributed by atoms with Crippen molar-refractivity contribution in [3.63, 3.8) is 0 Å². The molecule has 3 aliphatic rings. The first kappa shape index (κ1) is 27.8. The largest absolute Gasteiger partial charge is 0.393 e. The molecule has 0 spiro atoms. The van der Waals surface area contributed by atoms with E-state index in [9.17, 15) is 9.90 Å². The highest BCUT2D eigenvalue weighted by Gasteiger charge is 2.58. The predicted octanol–water partition coefficient (Wildman–Crippen LogP) is 7.96. The van der Waals surface area contributed by atoms with Crippen LogP contribution in [0.3, 0.4) is 0 Å². The molecule has 0 unspecified atom stereocenters. The average Bonchev–Trinajstić information content (AvgIpc) is 2.79. The lowest BCUT2D eigenvalue weighted by Crippen LogP contribution is -2.57. The fourth-order valence-electron chi connectivity index (χ4n) is 8.27. The minimum atomic E-state index is -0.154. The van der Waals surface area contributed by atoms with Gasteiger partial charge in [0, 0.05) is 13.0 Å². The van der Waals surface area contributed by atoms with Crippen molar-refractivity contribution in [1.82, 2.24) is 5.32 Å². The van der Waals surface area contributed by atoms with Crippen molar-refractivity contribution in [2.45, 2.75) is 143 Å². The lowest BCUT2D eigenvalue weighted by molar-refractivity contribution is -0.149. The van der Waals surface area contributed by atoms with Gasteiger partial charge >= 0.3 is 0 Å². The third kappa shape index (κ3) is 6.29. The summed E-state index contributed by atoms with van der Waals surface area (Å²) >= 11 is 0. The summed E-state index contributed by atoms with van der Waals surface area (Å²) in [5, 5.41) is 14.0. The SMILES string of the molecule is CCCCCCCCCCC(=O)NCCC1=C(C)CC[C@H]2[C@H]1CC[C@H]1C(C)(C)[C@@H](O)CC[C@]21C. The molecule has 1 amide bonds. The van der Waals surface area contributed by atoms with Gasteiger partial charge in [-0.05, 0) is 86.9 Å². The number of carbonyl (C=O) groups excluding carboxylic acids is 1. The minimum absolute atomic E-state index is 0.0256. The van der Waals surface area contributed by atoms with E-state index in [0.29, 0.717) is 23.7 Å². The Bertz CT molecular complexity index is 696. The number of aliphatic hydroxyl groups excluding tert-OH is 1. The quantitative estimate of drug-likeness (QED) is 0.223. The summed E-state index contributed by atoms with van der Waals surface area (Å²) in [6.45, 7) is 12.6. The van der Waals surface area contributed by atoms with E-state index < -0.39 is 0 Å². The van der Waals surface area contributed by atoms with E-state index in [-0.39, 0.29) is 17.4 Å². The Morgan fingerprint density at radius 3 is 2.35 bits per heavy atom. The number of hydrogen-bond donors (Lipinski definition) is 2. The van der Waals surface area contributed by atoms with Crippen LogP contribution in [0.15, 0.2) is 11.1 Å². The van der Waals surface area contributed by atoms with Gasteiger partial charge in [0.25, 0.3) is 0 Å². The number of fused-ring (bicyclic) bond motifs is 3. The highest BCUT2D eigenvalue weighted by atomic mass is 16.3. The second-order valence-electron chi connectivity index (χ2n) is 12.9. The zero-order valence-corrected chi connectivity index (χ0v) is 23.2. The van der Waals surface area contributed by atoms with Gasteiger partial charge in [0.05, 0.1) is 6.10 Å². The first-order chi connectivity index (χ1) is 16.2. The standard InChI is InChI=1S/C31H55NO2/c1-6-7-8-9-10-11-12-13-14-29(34)32-22-20-24-23(2)15-17-26-25(24)16-18-27-30(3,4)28(33)19-21-31(26,27)5/h25-28,33H,6-22H2,1-5H3,(H,32,34)/t25-,26-,27-,28-,31+/m0/s1. The summed E-state index contributed by atoms with van der Waals surface area (Å²) in [5.41, 5.74) is 3.62. The molecule has 0 aliphatic heterocycles. The van der Waals surface area contributed by atoms with Crippen molar-refractivity contribution in [3.8, 4) is 0 Å². The molecule has 0 saturated heterocycles. The number of amides is 1. The van der Waals surface area contributed by atoms with Gasteiger partial charge in [0.2, 0.25) is 5.91 Å². The molecule has 3 rings (SSSR count). The van der Waals surface area contributed by atoms with E-state index in [4.69, 9.17) is 0 Å². The fraction of sp³-hybridized carbons (Fsp3) is 0.903. The van der Waals surface area contributed by atoms with Crippen LogP contribution in [0, 0.1) is 28.6 Å². The fourth-order valence-corrected chi connectivity index (χ4v) is 8.27. The molecule has 3 aliphatic carbocycles. The summed E-state index contributed by atoms with van der Waals surface area (Å²) < 4.78 is 0. The lowest BCUT2D eigenvalue weighted by Gasteiger charge is -2.62. The summed E-state index contributed by atoms with van der Waals surface area (Å²) in [6.07, 6.45) is 18.9. The number of nitrogens with one attached hydrogen (secondary N) is 1. The van der Waals surface area contributed by atoms with Crippen molar-refractivity contribution >= 4 is 5.91 Å². The Kier molecular flexibility index (Phi) is 10.1. The molecule has 2 N–H and O–H groups in total. The third-order valence-electron chi connectivity index (χ3n) is 10.4. The molecule has 0 radical (unpaired) electrons. The van der Waals surface area contributed by atoms with Gasteiger partial charge in [0.15, 0.2) is 0 Å². The van der Waals surface area contributed by atoms with Crippen molar-refractivity contribution in [3.05, 3.63) is 11.1 Å². The maximum atomic E-state index is 12.4. The van der Waals surface area contributed by atoms with E-state index in [1.807, 2.05) is 0 Å². The van der Waals surface area contributed by atoms with Crippen LogP contribution in [0.25, 0.3) is 0 Å². The predicted molar refractivity (Wildman–Crippen MR) is 144 cm³/mol. The summed E-state index contributed by atoms with van der Waals surface area (Å²) in [5.74, 6) is 2.29. The molecule has 3 nitrogen and oxygen atoms in total. The molecule has 0 bridgehead atoms. The highest BCUT2D eigenvalue weighted by Crippen LogP contribution is 2.64. The summed E-state index contributed by atoms with van der Waals surface area (Å²) in [7, 11) is 0. The normalized spacial score (nSPS) is 32.8.